The average molecular weight is 560 g/mol. The van der Waals surface area contributed by atoms with Gasteiger partial charge in [0.1, 0.15) is 5.69 Å². The molecule has 0 saturated carbocycles. The first kappa shape index (κ1) is 27.3. The minimum absolute atomic E-state index is 0.0122. The summed E-state index contributed by atoms with van der Waals surface area (Å²) in [6.07, 6.45) is -1.19. The molecule has 6 nitrogen and oxygen atoms in total. The molecule has 0 N–H and O–H groups in total. The molecule has 2 aliphatic rings. The molecule has 2 fully saturated rings. The Morgan fingerprint density at radius 2 is 1.62 bits per heavy atom. The fourth-order valence-electron chi connectivity index (χ4n) is 5.53. The van der Waals surface area contributed by atoms with Crippen LogP contribution in [0, 0.1) is 0 Å². The fourth-order valence-corrected chi connectivity index (χ4v) is 6.49. The van der Waals surface area contributed by atoms with Crippen molar-refractivity contribution in [1.29, 1.82) is 0 Å². The first-order valence-corrected chi connectivity index (χ1v) is 14.0. The van der Waals surface area contributed by atoms with Gasteiger partial charge in [-0.15, -0.1) is 11.3 Å². The minimum Gasteiger partial charge on any atom is -0.493 e. The monoisotopic (exact) mass is 559 g/mol. The maximum atomic E-state index is 13.2. The molecule has 2 aromatic carbocycles. The van der Waals surface area contributed by atoms with E-state index in [2.05, 4.69) is 4.90 Å². The largest absolute Gasteiger partial charge is 0.493 e. The van der Waals surface area contributed by atoms with Gasteiger partial charge in [0.15, 0.2) is 11.5 Å². The van der Waals surface area contributed by atoms with E-state index in [1.807, 2.05) is 23.6 Å². The van der Waals surface area contributed by atoms with Crippen LogP contribution in [0.2, 0.25) is 0 Å². The molecule has 0 atom stereocenters. The number of carbonyl (C=O) groups excluding carboxylic acids is 1. The van der Waals surface area contributed by atoms with Crippen LogP contribution in [-0.4, -0.2) is 56.2 Å². The summed E-state index contributed by atoms with van der Waals surface area (Å²) in [4.78, 5) is 22.0. The number of aromatic nitrogens is 1. The third-order valence-corrected chi connectivity index (χ3v) is 8.79. The van der Waals surface area contributed by atoms with E-state index in [4.69, 9.17) is 14.5 Å². The van der Waals surface area contributed by atoms with Gasteiger partial charge in [0.2, 0.25) is 0 Å². The molecule has 2 saturated heterocycles. The highest BCUT2D eigenvalue weighted by Crippen LogP contribution is 2.37. The highest BCUT2D eigenvalue weighted by molar-refractivity contribution is 7.09. The van der Waals surface area contributed by atoms with Gasteiger partial charge < -0.3 is 19.3 Å². The lowest BCUT2D eigenvalue weighted by atomic mass is 9.88. The van der Waals surface area contributed by atoms with Crippen LogP contribution in [-0.2, 0) is 6.18 Å². The van der Waals surface area contributed by atoms with E-state index in [1.165, 1.54) is 23.5 Å². The summed E-state index contributed by atoms with van der Waals surface area (Å²) in [5.74, 6) is 1.63. The second kappa shape index (κ2) is 11.5. The highest BCUT2D eigenvalue weighted by atomic mass is 32.1. The van der Waals surface area contributed by atoms with Gasteiger partial charge in [-0.2, -0.15) is 13.2 Å². The zero-order valence-corrected chi connectivity index (χ0v) is 22.9. The van der Waals surface area contributed by atoms with Gasteiger partial charge >= 0.3 is 6.18 Å². The molecule has 0 unspecified atom stereocenters. The van der Waals surface area contributed by atoms with Crippen molar-refractivity contribution in [3.05, 3.63) is 69.7 Å². The van der Waals surface area contributed by atoms with Gasteiger partial charge in [-0.3, -0.25) is 4.79 Å². The Kier molecular flexibility index (Phi) is 8.02. The predicted molar refractivity (Wildman–Crippen MR) is 145 cm³/mol. The van der Waals surface area contributed by atoms with E-state index in [1.54, 1.807) is 25.2 Å². The summed E-state index contributed by atoms with van der Waals surface area (Å²) in [7, 11) is 3.26. The zero-order chi connectivity index (χ0) is 27.6. The van der Waals surface area contributed by atoms with E-state index >= 15 is 0 Å². The number of carbonyl (C=O) groups is 1. The van der Waals surface area contributed by atoms with Crippen LogP contribution in [0.4, 0.5) is 18.9 Å². The van der Waals surface area contributed by atoms with Gasteiger partial charge in [-0.25, -0.2) is 4.98 Å². The van der Waals surface area contributed by atoms with E-state index < -0.39 is 11.7 Å². The summed E-state index contributed by atoms with van der Waals surface area (Å²) in [5, 5.41) is 2.83. The number of hydrogen-bond donors (Lipinski definition) is 0. The van der Waals surface area contributed by atoms with Gasteiger partial charge in [0.05, 0.1) is 24.8 Å². The maximum absolute atomic E-state index is 13.2. The van der Waals surface area contributed by atoms with Crippen molar-refractivity contribution < 1.29 is 27.4 Å². The van der Waals surface area contributed by atoms with Crippen LogP contribution < -0.4 is 14.4 Å². The number of anilines is 1. The second-order valence-corrected chi connectivity index (χ2v) is 11.0. The third kappa shape index (κ3) is 6.00. The number of likely N-dealkylation sites (tertiary alicyclic amines) is 1. The van der Waals surface area contributed by atoms with Crippen molar-refractivity contribution >= 4 is 22.9 Å². The normalized spacial score (nSPS) is 17.4. The Morgan fingerprint density at radius 1 is 0.923 bits per heavy atom. The van der Waals surface area contributed by atoms with Gasteiger partial charge in [-0.05, 0) is 55.4 Å². The van der Waals surface area contributed by atoms with Crippen molar-refractivity contribution in [2.24, 2.45) is 0 Å². The number of piperidine rings is 2. The van der Waals surface area contributed by atoms with Crippen LogP contribution in [0.5, 0.6) is 11.5 Å². The number of amides is 1. The summed E-state index contributed by atoms with van der Waals surface area (Å²) in [6.45, 7) is 2.78. The van der Waals surface area contributed by atoms with Crippen LogP contribution in [0.25, 0.3) is 0 Å². The molecule has 5 rings (SSSR count). The topological polar surface area (TPSA) is 54.9 Å². The number of benzene rings is 2. The molecule has 208 valence electrons. The zero-order valence-electron chi connectivity index (χ0n) is 22.0. The minimum atomic E-state index is -4.35. The smallest absolute Gasteiger partial charge is 0.416 e. The van der Waals surface area contributed by atoms with E-state index in [0.717, 1.165) is 42.7 Å². The number of ether oxygens (including phenoxy) is 2. The van der Waals surface area contributed by atoms with Gasteiger partial charge in [-0.1, -0.05) is 18.2 Å². The Labute approximate surface area is 230 Å². The lowest BCUT2D eigenvalue weighted by Gasteiger charge is -2.33. The predicted octanol–water partition coefficient (Wildman–Crippen LogP) is 6.58. The molecule has 1 aromatic heterocycles. The average Bonchev–Trinajstić information content (AvgIpc) is 3.47. The number of hydrogen-bond acceptors (Lipinski definition) is 6. The van der Waals surface area contributed by atoms with Crippen molar-refractivity contribution in [1.82, 2.24) is 9.88 Å². The summed E-state index contributed by atoms with van der Waals surface area (Å²) < 4.78 is 50.1. The molecule has 1 amide bonds. The molecule has 10 heteroatoms. The Balaban J connectivity index is 1.15. The van der Waals surface area contributed by atoms with E-state index in [9.17, 15) is 18.0 Å². The summed E-state index contributed by atoms with van der Waals surface area (Å²) in [6, 6.07) is 11.5. The number of rotatable bonds is 6. The lowest BCUT2D eigenvalue weighted by Crippen LogP contribution is -2.38. The molecular formula is C29H32F3N3O3S. The molecule has 0 radical (unpaired) electrons. The Hall–Kier alpha value is -3.27. The van der Waals surface area contributed by atoms with Crippen molar-refractivity contribution in [3.63, 3.8) is 0 Å². The fraction of sp³-hybridized carbons (Fsp3) is 0.448. The second-order valence-electron chi connectivity index (χ2n) is 10.1. The van der Waals surface area contributed by atoms with Crippen LogP contribution in [0.1, 0.15) is 64.1 Å². The van der Waals surface area contributed by atoms with Gasteiger partial charge in [0, 0.05) is 49.2 Å². The van der Waals surface area contributed by atoms with Crippen LogP contribution in [0.15, 0.2) is 47.8 Å². The summed E-state index contributed by atoms with van der Waals surface area (Å²) in [5.41, 5.74) is 1.62. The number of halogens is 3. The van der Waals surface area contributed by atoms with E-state index in [0.29, 0.717) is 54.6 Å². The first-order valence-electron chi connectivity index (χ1n) is 13.2. The molecular weight excluding hydrogens is 527 g/mol. The Morgan fingerprint density at radius 3 is 2.28 bits per heavy atom. The molecule has 3 aromatic rings. The van der Waals surface area contributed by atoms with E-state index in [-0.39, 0.29) is 11.8 Å². The number of methoxy groups -OCH3 is 2. The third-order valence-electron chi connectivity index (χ3n) is 7.79. The number of alkyl halides is 3. The standard InChI is InChI=1S/C29H32F3N3O3S/c1-37-25-7-6-23(17-26(25)38-2)34-12-10-20(11-13-34)27-33-24(18-39-27)28(36)35-14-8-19(9-15-35)21-4-3-5-22(16-21)29(30,31)32/h3-7,16-20H,8-15H2,1-2H3. The van der Waals surface area contributed by atoms with Crippen molar-refractivity contribution in [2.45, 2.75) is 43.7 Å². The summed E-state index contributed by atoms with van der Waals surface area (Å²) >= 11 is 1.54. The molecule has 0 bridgehead atoms. The van der Waals surface area contributed by atoms with Crippen LogP contribution >= 0.6 is 11.3 Å². The van der Waals surface area contributed by atoms with Crippen LogP contribution in [0.3, 0.4) is 0 Å². The number of nitrogens with zero attached hydrogens (tertiary/aromatic N) is 3. The molecule has 39 heavy (non-hydrogen) atoms. The molecule has 0 aliphatic carbocycles. The molecule has 3 heterocycles. The highest BCUT2D eigenvalue weighted by Gasteiger charge is 2.32. The lowest BCUT2D eigenvalue weighted by molar-refractivity contribution is -0.137. The SMILES string of the molecule is COc1ccc(N2CCC(c3nc(C(=O)N4CCC(c5cccc(C(F)(F)F)c5)CC4)cs3)CC2)cc1OC. The molecule has 2 aliphatic heterocycles. The quantitative estimate of drug-likeness (QED) is 0.341. The van der Waals surface area contributed by atoms with Crippen molar-refractivity contribution in [3.8, 4) is 11.5 Å². The van der Waals surface area contributed by atoms with Gasteiger partial charge in [0.25, 0.3) is 5.91 Å². The number of thiazole rings is 1. The first-order chi connectivity index (χ1) is 18.8. The maximum Gasteiger partial charge on any atom is 0.416 e. The molecule has 0 spiro atoms. The Bertz CT molecular complexity index is 1300. The van der Waals surface area contributed by atoms with Crippen molar-refractivity contribution in [2.75, 3.05) is 45.3 Å².